The van der Waals surface area contributed by atoms with Crippen molar-refractivity contribution in [3.8, 4) is 5.88 Å². The topological polar surface area (TPSA) is 75.0 Å². The third-order valence-electron chi connectivity index (χ3n) is 1.89. The van der Waals surface area contributed by atoms with Gasteiger partial charge in [-0.2, -0.15) is 0 Å². The molecule has 1 atom stereocenters. The molecule has 2 N–H and O–H groups in total. The van der Waals surface area contributed by atoms with Crippen LogP contribution in [0.2, 0.25) is 0 Å². The molecule has 0 aliphatic carbocycles. The van der Waals surface area contributed by atoms with Gasteiger partial charge in [0.25, 0.3) is 5.56 Å². The molecule has 0 fully saturated rings. The predicted octanol–water partition coefficient (Wildman–Crippen LogP) is -0.238. The smallest absolute Gasteiger partial charge is 0.328 e. The van der Waals surface area contributed by atoms with E-state index in [1.807, 2.05) is 0 Å². The van der Waals surface area contributed by atoms with Gasteiger partial charge in [-0.1, -0.05) is 15.9 Å². The predicted molar refractivity (Wildman–Crippen MR) is 49.6 cm³/mol. The quantitative estimate of drug-likeness (QED) is 0.672. The van der Waals surface area contributed by atoms with Crippen molar-refractivity contribution < 1.29 is 4.74 Å². The van der Waals surface area contributed by atoms with E-state index in [0.717, 1.165) is 0 Å². The van der Waals surface area contributed by atoms with E-state index < -0.39 is 5.69 Å². The Balaban J connectivity index is 2.52. The lowest BCUT2D eigenvalue weighted by Gasteiger charge is -2.03. The average molecular weight is 247 g/mol. The minimum Gasteiger partial charge on any atom is -0.474 e. The monoisotopic (exact) mass is 246 g/mol. The highest BCUT2D eigenvalue weighted by Gasteiger charge is 2.25. The summed E-state index contributed by atoms with van der Waals surface area (Å²) in [5.41, 5.74) is -0.370. The zero-order valence-corrected chi connectivity index (χ0v) is 8.18. The van der Waals surface area contributed by atoms with E-state index in [1.54, 1.807) is 0 Å². The number of halogens is 1. The summed E-state index contributed by atoms with van der Waals surface area (Å²) >= 11 is 3.25. The molecule has 0 aromatic carbocycles. The summed E-state index contributed by atoms with van der Waals surface area (Å²) in [5.74, 6) is 0.304. The summed E-state index contributed by atoms with van der Waals surface area (Å²) in [5, 5.41) is 0.642. The molecule has 0 saturated heterocycles. The van der Waals surface area contributed by atoms with Gasteiger partial charge < -0.3 is 4.74 Å². The van der Waals surface area contributed by atoms with Gasteiger partial charge in [0.1, 0.15) is 6.10 Å². The first-order valence-corrected chi connectivity index (χ1v) is 4.91. The average Bonchev–Trinajstić information content (AvgIpc) is 2.47. The van der Waals surface area contributed by atoms with Crippen molar-refractivity contribution in [3.63, 3.8) is 0 Å². The lowest BCUT2D eigenvalue weighted by atomic mass is 10.2. The van der Waals surface area contributed by atoms with Crippen LogP contribution < -0.4 is 16.0 Å². The lowest BCUT2D eigenvalue weighted by molar-refractivity contribution is 0.251. The maximum absolute atomic E-state index is 11.2. The van der Waals surface area contributed by atoms with Gasteiger partial charge in [-0.15, -0.1) is 0 Å². The van der Waals surface area contributed by atoms with Crippen LogP contribution in [0.4, 0.5) is 0 Å². The number of aromatic amines is 2. The Bertz CT molecular complexity index is 436. The van der Waals surface area contributed by atoms with Crippen LogP contribution in [-0.4, -0.2) is 21.4 Å². The summed E-state index contributed by atoms with van der Waals surface area (Å²) in [4.78, 5) is 26.7. The molecule has 6 heteroatoms. The van der Waals surface area contributed by atoms with Crippen LogP contribution in [0.15, 0.2) is 9.59 Å². The number of rotatable bonds is 1. The number of nitrogens with one attached hydrogen (secondary N) is 2. The van der Waals surface area contributed by atoms with Crippen molar-refractivity contribution in [1.82, 2.24) is 9.97 Å². The van der Waals surface area contributed by atoms with E-state index in [9.17, 15) is 9.59 Å². The fourth-order valence-electron chi connectivity index (χ4n) is 1.30. The number of H-pyrrole nitrogens is 2. The van der Waals surface area contributed by atoms with Gasteiger partial charge in [-0.3, -0.25) is 14.8 Å². The number of fused-ring (bicyclic) bond motifs is 1. The van der Waals surface area contributed by atoms with E-state index in [-0.39, 0.29) is 11.7 Å². The molecule has 0 amide bonds. The second-order valence-electron chi connectivity index (χ2n) is 2.81. The largest absolute Gasteiger partial charge is 0.474 e. The Hall–Kier alpha value is -1.04. The third-order valence-corrected chi connectivity index (χ3v) is 2.61. The lowest BCUT2D eigenvalue weighted by Crippen LogP contribution is -2.23. The fraction of sp³-hybridized carbons (Fsp3) is 0.429. The second-order valence-corrected chi connectivity index (χ2v) is 3.46. The van der Waals surface area contributed by atoms with Crippen LogP contribution in [0.5, 0.6) is 5.88 Å². The van der Waals surface area contributed by atoms with Gasteiger partial charge in [-0.05, 0) is 0 Å². The van der Waals surface area contributed by atoms with Crippen molar-refractivity contribution in [2.24, 2.45) is 0 Å². The Kier molecular flexibility index (Phi) is 1.99. The van der Waals surface area contributed by atoms with Crippen LogP contribution in [0, 0.1) is 0 Å². The molecule has 1 aliphatic heterocycles. The number of hydrogen-bond donors (Lipinski definition) is 2. The van der Waals surface area contributed by atoms with Gasteiger partial charge in [0.15, 0.2) is 0 Å². The van der Waals surface area contributed by atoms with Crippen molar-refractivity contribution in [2.45, 2.75) is 12.5 Å². The van der Waals surface area contributed by atoms with Crippen molar-refractivity contribution in [3.05, 3.63) is 26.4 Å². The highest BCUT2D eigenvalue weighted by molar-refractivity contribution is 9.09. The zero-order valence-electron chi connectivity index (χ0n) is 6.59. The van der Waals surface area contributed by atoms with E-state index in [2.05, 4.69) is 25.9 Å². The Labute approximate surface area is 81.3 Å². The molecule has 0 spiro atoms. The molecule has 13 heavy (non-hydrogen) atoms. The van der Waals surface area contributed by atoms with Crippen LogP contribution in [-0.2, 0) is 6.42 Å². The van der Waals surface area contributed by atoms with Crippen LogP contribution in [0.3, 0.4) is 0 Å². The molecule has 1 aromatic rings. The summed E-state index contributed by atoms with van der Waals surface area (Å²) in [6.45, 7) is 0. The maximum atomic E-state index is 11.2. The number of alkyl halides is 1. The molecule has 2 rings (SSSR count). The zero-order chi connectivity index (χ0) is 9.42. The van der Waals surface area contributed by atoms with E-state index in [0.29, 0.717) is 23.2 Å². The summed E-state index contributed by atoms with van der Waals surface area (Å²) in [6.07, 6.45) is 0.473. The maximum Gasteiger partial charge on any atom is 0.328 e. The van der Waals surface area contributed by atoms with Crippen LogP contribution in [0.1, 0.15) is 5.56 Å². The second kappa shape index (κ2) is 3.02. The highest BCUT2D eigenvalue weighted by atomic mass is 79.9. The molecule has 0 radical (unpaired) electrons. The minimum atomic E-state index is -0.529. The summed E-state index contributed by atoms with van der Waals surface area (Å²) < 4.78 is 5.30. The first kappa shape index (κ1) is 8.55. The highest BCUT2D eigenvalue weighted by Crippen LogP contribution is 2.22. The fourth-order valence-corrected chi connectivity index (χ4v) is 1.66. The van der Waals surface area contributed by atoms with Crippen LogP contribution in [0.25, 0.3) is 0 Å². The number of ether oxygens (including phenoxy) is 1. The van der Waals surface area contributed by atoms with Gasteiger partial charge >= 0.3 is 5.69 Å². The van der Waals surface area contributed by atoms with Gasteiger partial charge in [-0.25, -0.2) is 4.79 Å². The standard InChI is InChI=1S/C7H7BrN2O3/c8-2-3-1-4-5(11)9-7(12)10-6(4)13-3/h3H,1-2H2,(H2,9,10,11,12)/t3-/m1/s1. The molecule has 0 saturated carbocycles. The third kappa shape index (κ3) is 1.41. The molecule has 1 aliphatic rings. The van der Waals surface area contributed by atoms with Gasteiger partial charge in [0.05, 0.1) is 5.56 Å². The molecular formula is C7H7BrN2O3. The molecule has 70 valence electrons. The normalized spacial score (nSPS) is 19.6. The van der Waals surface area contributed by atoms with Gasteiger partial charge in [0.2, 0.25) is 5.88 Å². The van der Waals surface area contributed by atoms with E-state index >= 15 is 0 Å². The molecule has 0 unspecified atom stereocenters. The summed E-state index contributed by atoms with van der Waals surface area (Å²) in [6, 6.07) is 0. The Morgan fingerprint density at radius 2 is 2.23 bits per heavy atom. The van der Waals surface area contributed by atoms with E-state index in [1.165, 1.54) is 0 Å². The molecular weight excluding hydrogens is 240 g/mol. The Morgan fingerprint density at radius 1 is 1.46 bits per heavy atom. The molecule has 5 nitrogen and oxygen atoms in total. The molecule has 0 bridgehead atoms. The number of hydrogen-bond acceptors (Lipinski definition) is 3. The first-order chi connectivity index (χ1) is 6.20. The van der Waals surface area contributed by atoms with Crippen molar-refractivity contribution in [2.75, 3.05) is 5.33 Å². The van der Waals surface area contributed by atoms with E-state index in [4.69, 9.17) is 4.74 Å². The first-order valence-electron chi connectivity index (χ1n) is 3.79. The van der Waals surface area contributed by atoms with Crippen molar-refractivity contribution in [1.29, 1.82) is 0 Å². The van der Waals surface area contributed by atoms with Crippen molar-refractivity contribution >= 4 is 15.9 Å². The summed E-state index contributed by atoms with van der Waals surface area (Å²) in [7, 11) is 0. The van der Waals surface area contributed by atoms with Gasteiger partial charge in [0, 0.05) is 11.8 Å². The molecule has 1 aromatic heterocycles. The Morgan fingerprint density at radius 3 is 2.92 bits per heavy atom. The van der Waals surface area contributed by atoms with Crippen LogP contribution >= 0.6 is 15.9 Å². The SMILES string of the molecule is O=c1[nH]c2c(c(=O)[nH]1)C[C@H](CBr)O2. The number of aromatic nitrogens is 2. The minimum absolute atomic E-state index is 0.0610. The molecule has 2 heterocycles.